The Hall–Kier alpha value is -1.83. The van der Waals surface area contributed by atoms with Crippen molar-refractivity contribution < 1.29 is 4.79 Å². The molecule has 0 saturated heterocycles. The van der Waals surface area contributed by atoms with Crippen molar-refractivity contribution >= 4 is 50.9 Å². The van der Waals surface area contributed by atoms with Crippen LogP contribution < -0.4 is 5.32 Å². The van der Waals surface area contributed by atoms with Crippen molar-refractivity contribution in [3.8, 4) is 0 Å². The van der Waals surface area contributed by atoms with Crippen LogP contribution in [0.4, 0.5) is 5.82 Å². The van der Waals surface area contributed by atoms with Gasteiger partial charge >= 0.3 is 0 Å². The van der Waals surface area contributed by atoms with Crippen molar-refractivity contribution in [2.45, 2.75) is 26.4 Å². The average molecular weight is 457 g/mol. The summed E-state index contributed by atoms with van der Waals surface area (Å²) in [5.41, 5.74) is 1.73. The number of benzene rings is 1. The van der Waals surface area contributed by atoms with Gasteiger partial charge in [-0.25, -0.2) is 0 Å². The molecule has 26 heavy (non-hydrogen) atoms. The third kappa shape index (κ3) is 4.11. The highest BCUT2D eigenvalue weighted by atomic mass is 79.9. The van der Waals surface area contributed by atoms with Crippen LogP contribution in [0.3, 0.4) is 0 Å². The second-order valence-electron chi connectivity index (χ2n) is 5.82. The summed E-state index contributed by atoms with van der Waals surface area (Å²) in [6, 6.07) is 6.99. The van der Waals surface area contributed by atoms with Crippen LogP contribution in [0.2, 0.25) is 10.0 Å². The summed E-state index contributed by atoms with van der Waals surface area (Å²) >= 11 is 15.8. The van der Waals surface area contributed by atoms with E-state index in [0.717, 1.165) is 15.7 Å². The molecule has 9 heteroatoms. The topological polar surface area (TPSA) is 64.7 Å². The van der Waals surface area contributed by atoms with Crippen molar-refractivity contribution in [2.75, 3.05) is 5.32 Å². The Balaban J connectivity index is 1.73. The lowest BCUT2D eigenvalue weighted by Crippen LogP contribution is -2.24. The molecule has 3 aromatic rings. The van der Waals surface area contributed by atoms with Crippen LogP contribution in [-0.2, 0) is 11.3 Å². The van der Waals surface area contributed by atoms with Crippen molar-refractivity contribution in [3.63, 3.8) is 0 Å². The molecule has 0 radical (unpaired) electrons. The zero-order valence-corrected chi connectivity index (χ0v) is 17.2. The molecule has 1 unspecified atom stereocenters. The molecule has 1 atom stereocenters. The van der Waals surface area contributed by atoms with E-state index in [0.29, 0.717) is 22.4 Å². The molecule has 6 nitrogen and oxygen atoms in total. The number of aromatic nitrogens is 4. The number of amides is 1. The van der Waals surface area contributed by atoms with Crippen LogP contribution in [0.1, 0.15) is 24.2 Å². The highest BCUT2D eigenvalue weighted by molar-refractivity contribution is 9.10. The van der Waals surface area contributed by atoms with Crippen LogP contribution in [0.25, 0.3) is 0 Å². The van der Waals surface area contributed by atoms with Gasteiger partial charge in [0, 0.05) is 17.4 Å². The zero-order chi connectivity index (χ0) is 18.8. The summed E-state index contributed by atoms with van der Waals surface area (Å²) in [5, 5.41) is 12.4. The van der Waals surface area contributed by atoms with Gasteiger partial charge in [-0.15, -0.1) is 0 Å². The van der Waals surface area contributed by atoms with Crippen LogP contribution in [-0.4, -0.2) is 25.5 Å². The van der Waals surface area contributed by atoms with E-state index in [1.165, 1.54) is 0 Å². The molecule has 0 fully saturated rings. The molecule has 0 aliphatic carbocycles. The highest BCUT2D eigenvalue weighted by Crippen LogP contribution is 2.23. The lowest BCUT2D eigenvalue weighted by Gasteiger charge is -2.11. The van der Waals surface area contributed by atoms with Crippen LogP contribution in [0.15, 0.2) is 41.1 Å². The van der Waals surface area contributed by atoms with Gasteiger partial charge in [0.25, 0.3) is 0 Å². The first kappa shape index (κ1) is 18.9. The Morgan fingerprint density at radius 3 is 2.62 bits per heavy atom. The predicted octanol–water partition coefficient (Wildman–Crippen LogP) is 4.71. The second kappa shape index (κ2) is 7.82. The molecule has 0 aliphatic heterocycles. The lowest BCUT2D eigenvalue weighted by atomic mass is 10.2. The van der Waals surface area contributed by atoms with Gasteiger partial charge in [0.05, 0.1) is 16.7 Å². The third-order valence-corrected chi connectivity index (χ3v) is 5.31. The van der Waals surface area contributed by atoms with Gasteiger partial charge in [-0.3, -0.25) is 14.2 Å². The van der Waals surface area contributed by atoms with E-state index in [4.69, 9.17) is 23.2 Å². The fourth-order valence-corrected chi connectivity index (χ4v) is 3.05. The molecule has 0 aliphatic rings. The Labute approximate surface area is 169 Å². The summed E-state index contributed by atoms with van der Waals surface area (Å²) in [6.45, 7) is 4.07. The molecule has 1 amide bonds. The Morgan fingerprint density at radius 1 is 1.23 bits per heavy atom. The Bertz CT molecular complexity index is 933. The SMILES string of the molecule is Cc1nn(C(C)C(=O)Nc2nn(Cc3ccccc3Cl)cc2Cl)cc1Br. The van der Waals surface area contributed by atoms with Gasteiger partial charge in [0.15, 0.2) is 5.82 Å². The quantitative estimate of drug-likeness (QED) is 0.604. The van der Waals surface area contributed by atoms with Crippen molar-refractivity contribution in [2.24, 2.45) is 0 Å². The average Bonchev–Trinajstić information content (AvgIpc) is 3.11. The summed E-state index contributed by atoms with van der Waals surface area (Å²) in [7, 11) is 0. The van der Waals surface area contributed by atoms with E-state index in [-0.39, 0.29) is 5.91 Å². The minimum Gasteiger partial charge on any atom is -0.306 e. The molecular formula is C17H16BrCl2N5O. The monoisotopic (exact) mass is 455 g/mol. The molecular weight excluding hydrogens is 441 g/mol. The number of halogens is 3. The molecule has 3 rings (SSSR count). The number of hydrogen-bond donors (Lipinski definition) is 1. The van der Waals surface area contributed by atoms with E-state index < -0.39 is 6.04 Å². The van der Waals surface area contributed by atoms with E-state index in [1.54, 1.807) is 28.7 Å². The molecule has 1 aromatic carbocycles. The van der Waals surface area contributed by atoms with Crippen molar-refractivity contribution in [1.29, 1.82) is 0 Å². The summed E-state index contributed by atoms with van der Waals surface area (Å²) < 4.78 is 4.07. The Kier molecular flexibility index (Phi) is 5.70. The number of carbonyl (C=O) groups excluding carboxylic acids is 1. The summed E-state index contributed by atoms with van der Waals surface area (Å²) in [5.74, 6) is 0.0448. The van der Waals surface area contributed by atoms with Gasteiger partial charge in [-0.05, 0) is 41.4 Å². The van der Waals surface area contributed by atoms with Gasteiger partial charge < -0.3 is 5.32 Å². The number of hydrogen-bond acceptors (Lipinski definition) is 3. The van der Waals surface area contributed by atoms with E-state index in [1.807, 2.05) is 31.2 Å². The molecule has 136 valence electrons. The van der Waals surface area contributed by atoms with E-state index >= 15 is 0 Å². The Morgan fingerprint density at radius 2 is 1.96 bits per heavy atom. The van der Waals surface area contributed by atoms with Gasteiger partial charge in [0.2, 0.25) is 5.91 Å². The standard InChI is InChI=1S/C17H16BrCl2N5O/c1-10-13(18)8-25(22-10)11(2)17(26)21-16-15(20)9-24(23-16)7-12-5-3-4-6-14(12)19/h3-6,8-9,11H,7H2,1-2H3,(H,21,23,26). The first-order chi connectivity index (χ1) is 12.3. The molecule has 0 bridgehead atoms. The smallest absolute Gasteiger partial charge is 0.250 e. The maximum atomic E-state index is 12.5. The number of nitrogens with one attached hydrogen (secondary N) is 1. The minimum atomic E-state index is -0.509. The number of anilines is 1. The predicted molar refractivity (Wildman–Crippen MR) is 106 cm³/mol. The minimum absolute atomic E-state index is 0.259. The number of rotatable bonds is 5. The number of nitrogens with zero attached hydrogens (tertiary/aromatic N) is 4. The van der Waals surface area contributed by atoms with Crippen LogP contribution >= 0.6 is 39.1 Å². The third-order valence-electron chi connectivity index (χ3n) is 3.88. The largest absolute Gasteiger partial charge is 0.306 e. The maximum absolute atomic E-state index is 12.5. The molecule has 2 aromatic heterocycles. The van der Waals surface area contributed by atoms with Crippen molar-refractivity contribution in [3.05, 3.63) is 62.4 Å². The molecule has 0 saturated carbocycles. The normalized spacial score (nSPS) is 12.2. The summed E-state index contributed by atoms with van der Waals surface area (Å²) in [4.78, 5) is 12.5. The molecule has 2 heterocycles. The number of carbonyl (C=O) groups is 1. The molecule has 0 spiro atoms. The molecule has 1 N–H and O–H groups in total. The van der Waals surface area contributed by atoms with Gasteiger partial charge in [-0.2, -0.15) is 10.2 Å². The van der Waals surface area contributed by atoms with E-state index in [2.05, 4.69) is 31.4 Å². The van der Waals surface area contributed by atoms with Crippen LogP contribution in [0.5, 0.6) is 0 Å². The first-order valence-electron chi connectivity index (χ1n) is 7.83. The zero-order valence-electron chi connectivity index (χ0n) is 14.1. The lowest BCUT2D eigenvalue weighted by molar-refractivity contribution is -0.119. The van der Waals surface area contributed by atoms with Crippen molar-refractivity contribution in [1.82, 2.24) is 19.6 Å². The van der Waals surface area contributed by atoms with Crippen LogP contribution in [0, 0.1) is 6.92 Å². The second-order valence-corrected chi connectivity index (χ2v) is 7.49. The van der Waals surface area contributed by atoms with Gasteiger partial charge in [0.1, 0.15) is 11.1 Å². The van der Waals surface area contributed by atoms with E-state index in [9.17, 15) is 4.79 Å². The fourth-order valence-electron chi connectivity index (χ4n) is 2.36. The number of aryl methyl sites for hydroxylation is 1. The fraction of sp³-hybridized carbons (Fsp3) is 0.235. The highest BCUT2D eigenvalue weighted by Gasteiger charge is 2.20. The van der Waals surface area contributed by atoms with Gasteiger partial charge in [-0.1, -0.05) is 41.4 Å². The summed E-state index contributed by atoms with van der Waals surface area (Å²) in [6.07, 6.45) is 3.41. The maximum Gasteiger partial charge on any atom is 0.250 e. The first-order valence-corrected chi connectivity index (χ1v) is 9.38.